The minimum atomic E-state index is -4.56. The van der Waals surface area contributed by atoms with Gasteiger partial charge in [0.1, 0.15) is 11.3 Å². The highest BCUT2D eigenvalue weighted by atomic mass is 19.4. The minimum absolute atomic E-state index is 0.126. The number of hydrogen-bond donors (Lipinski definition) is 2. The number of rotatable bonds is 7. The van der Waals surface area contributed by atoms with E-state index in [0.717, 1.165) is 29.0 Å². The monoisotopic (exact) mass is 573 g/mol. The lowest BCUT2D eigenvalue weighted by molar-refractivity contribution is -0.137. The van der Waals surface area contributed by atoms with Crippen LogP contribution in [-0.2, 0) is 19.8 Å². The van der Waals surface area contributed by atoms with E-state index in [1.54, 1.807) is 44.6 Å². The molecular formula is C31H26F3N5O3. The second-order valence-electron chi connectivity index (χ2n) is 9.66. The zero-order valence-electron chi connectivity index (χ0n) is 22.9. The lowest BCUT2D eigenvalue weighted by atomic mass is 10.0. The van der Waals surface area contributed by atoms with Gasteiger partial charge in [-0.1, -0.05) is 24.3 Å². The average Bonchev–Trinajstić information content (AvgIpc) is 2.99. The molecule has 3 aromatic carbocycles. The third-order valence-corrected chi connectivity index (χ3v) is 6.81. The Hall–Kier alpha value is -5.19. The van der Waals surface area contributed by atoms with Crippen LogP contribution in [0.25, 0.3) is 22.2 Å². The van der Waals surface area contributed by atoms with E-state index in [1.165, 1.54) is 16.7 Å². The molecule has 0 fully saturated rings. The maximum atomic E-state index is 13.4. The lowest BCUT2D eigenvalue weighted by Crippen LogP contribution is -2.20. The van der Waals surface area contributed by atoms with E-state index < -0.39 is 17.6 Å². The van der Waals surface area contributed by atoms with Gasteiger partial charge in [0, 0.05) is 42.0 Å². The molecule has 0 bridgehead atoms. The van der Waals surface area contributed by atoms with Gasteiger partial charge in [-0.25, -0.2) is 9.97 Å². The van der Waals surface area contributed by atoms with Gasteiger partial charge in [0.25, 0.3) is 11.5 Å². The zero-order chi connectivity index (χ0) is 30.0. The van der Waals surface area contributed by atoms with Crippen LogP contribution >= 0.6 is 0 Å². The molecule has 8 nitrogen and oxygen atoms in total. The molecule has 214 valence electrons. The number of amides is 1. The first-order chi connectivity index (χ1) is 20.0. The first-order valence-corrected chi connectivity index (χ1v) is 12.9. The van der Waals surface area contributed by atoms with Crippen LogP contribution in [-0.4, -0.2) is 27.6 Å². The van der Waals surface area contributed by atoms with E-state index in [0.29, 0.717) is 34.8 Å². The number of carbonyl (C=O) groups excluding carboxylic acids is 1. The van der Waals surface area contributed by atoms with Gasteiger partial charge in [0.15, 0.2) is 0 Å². The fourth-order valence-electron chi connectivity index (χ4n) is 4.46. The Morgan fingerprint density at radius 2 is 1.79 bits per heavy atom. The second kappa shape index (κ2) is 11.4. The van der Waals surface area contributed by atoms with Crippen molar-refractivity contribution in [2.45, 2.75) is 19.6 Å². The van der Waals surface area contributed by atoms with Crippen molar-refractivity contribution in [2.75, 3.05) is 17.7 Å². The van der Waals surface area contributed by atoms with Crippen LogP contribution in [0.15, 0.2) is 83.8 Å². The Kier molecular flexibility index (Phi) is 7.66. The van der Waals surface area contributed by atoms with Gasteiger partial charge in [-0.3, -0.25) is 9.59 Å². The van der Waals surface area contributed by atoms with Crippen LogP contribution in [0.2, 0.25) is 0 Å². The summed E-state index contributed by atoms with van der Waals surface area (Å²) in [6.07, 6.45) is -3.00. The second-order valence-corrected chi connectivity index (χ2v) is 9.66. The number of benzene rings is 3. The molecule has 5 rings (SSSR count). The molecule has 11 heteroatoms. The predicted molar refractivity (Wildman–Crippen MR) is 155 cm³/mol. The number of carbonyl (C=O) groups is 1. The summed E-state index contributed by atoms with van der Waals surface area (Å²) >= 11 is 0. The van der Waals surface area contributed by atoms with Gasteiger partial charge in [-0.15, -0.1) is 0 Å². The third kappa shape index (κ3) is 5.95. The highest BCUT2D eigenvalue weighted by Crippen LogP contribution is 2.31. The van der Waals surface area contributed by atoms with Crippen molar-refractivity contribution in [1.29, 1.82) is 0 Å². The molecule has 0 saturated heterocycles. The van der Waals surface area contributed by atoms with Crippen molar-refractivity contribution < 1.29 is 22.7 Å². The Morgan fingerprint density at radius 3 is 2.50 bits per heavy atom. The smallest absolute Gasteiger partial charge is 0.416 e. The van der Waals surface area contributed by atoms with Crippen molar-refractivity contribution in [3.05, 3.63) is 112 Å². The molecule has 0 saturated carbocycles. The predicted octanol–water partition coefficient (Wildman–Crippen LogP) is 6.20. The minimum Gasteiger partial charge on any atom is -0.497 e. The molecule has 2 aromatic heterocycles. The van der Waals surface area contributed by atoms with Crippen molar-refractivity contribution >= 4 is 28.4 Å². The number of halogens is 3. The summed E-state index contributed by atoms with van der Waals surface area (Å²) in [7, 11) is 3.22. The number of fused-ring (bicyclic) bond motifs is 1. The fraction of sp³-hybridized carbons (Fsp3) is 0.161. The maximum Gasteiger partial charge on any atom is 0.416 e. The molecular weight excluding hydrogens is 547 g/mol. The summed E-state index contributed by atoms with van der Waals surface area (Å²) in [5.74, 6) is 0.365. The first kappa shape index (κ1) is 28.3. The van der Waals surface area contributed by atoms with E-state index in [4.69, 9.17) is 4.74 Å². The van der Waals surface area contributed by atoms with Crippen LogP contribution in [0.3, 0.4) is 0 Å². The number of hydrogen-bond acceptors (Lipinski definition) is 6. The number of pyridine rings is 1. The van der Waals surface area contributed by atoms with Gasteiger partial charge in [-0.2, -0.15) is 13.2 Å². The number of ether oxygens (including phenoxy) is 1. The molecule has 5 aromatic rings. The Balaban J connectivity index is 1.41. The number of nitrogens with zero attached hydrogens (tertiary/aromatic N) is 3. The SMILES string of the molecule is COc1ccc(CNc2ncc3cc(-c4cc(NC(=O)c5cccc(C(F)(F)F)c5)ccc4C)n(C)c(=O)c3n2)cc1. The molecule has 0 aliphatic carbocycles. The summed E-state index contributed by atoms with van der Waals surface area (Å²) in [6, 6.07) is 18.6. The summed E-state index contributed by atoms with van der Waals surface area (Å²) in [6.45, 7) is 2.30. The first-order valence-electron chi connectivity index (χ1n) is 12.9. The Bertz CT molecular complexity index is 1850. The summed E-state index contributed by atoms with van der Waals surface area (Å²) in [5.41, 5.74) is 2.24. The van der Waals surface area contributed by atoms with Crippen molar-refractivity contribution in [3.63, 3.8) is 0 Å². The van der Waals surface area contributed by atoms with Crippen molar-refractivity contribution in [3.8, 4) is 17.0 Å². The van der Waals surface area contributed by atoms with Gasteiger partial charge in [-0.05, 0) is 66.6 Å². The van der Waals surface area contributed by atoms with Crippen LogP contribution in [0.1, 0.15) is 27.0 Å². The zero-order valence-corrected chi connectivity index (χ0v) is 22.9. The van der Waals surface area contributed by atoms with Gasteiger partial charge in [0.05, 0.1) is 18.4 Å². The molecule has 0 spiro atoms. The number of anilines is 2. The van der Waals surface area contributed by atoms with E-state index in [2.05, 4.69) is 20.6 Å². The Labute approximate surface area is 238 Å². The number of alkyl halides is 3. The van der Waals surface area contributed by atoms with Gasteiger partial charge < -0.3 is 19.9 Å². The van der Waals surface area contributed by atoms with E-state index >= 15 is 0 Å². The van der Waals surface area contributed by atoms with Crippen LogP contribution in [0.5, 0.6) is 5.75 Å². The molecule has 0 unspecified atom stereocenters. The van der Waals surface area contributed by atoms with E-state index in [-0.39, 0.29) is 16.6 Å². The standard InChI is InChI=1S/C31H26F3N5O3/c1-18-7-10-23(37-28(40)20-5-4-6-22(13-20)31(32,33)34)15-25(18)26-14-21-17-36-30(38-27(21)29(41)39(26)2)35-16-19-8-11-24(42-3)12-9-19/h4-15,17H,16H2,1-3H3,(H,37,40)(H,35,36,38). The molecule has 0 aliphatic rings. The molecule has 0 radical (unpaired) electrons. The average molecular weight is 574 g/mol. The number of aromatic nitrogens is 3. The normalized spacial score (nSPS) is 11.4. The van der Waals surface area contributed by atoms with Gasteiger partial charge >= 0.3 is 6.18 Å². The molecule has 1 amide bonds. The summed E-state index contributed by atoms with van der Waals surface area (Å²) in [4.78, 5) is 34.9. The van der Waals surface area contributed by atoms with Crippen LogP contribution < -0.4 is 20.9 Å². The molecule has 2 N–H and O–H groups in total. The highest BCUT2D eigenvalue weighted by Gasteiger charge is 2.31. The molecule has 0 aliphatic heterocycles. The Morgan fingerprint density at radius 1 is 1.02 bits per heavy atom. The van der Waals surface area contributed by atoms with Crippen molar-refractivity contribution in [1.82, 2.24) is 14.5 Å². The number of aryl methyl sites for hydroxylation is 1. The van der Waals surface area contributed by atoms with E-state index in [9.17, 15) is 22.8 Å². The topological polar surface area (TPSA) is 98.1 Å². The van der Waals surface area contributed by atoms with Crippen molar-refractivity contribution in [2.24, 2.45) is 7.05 Å². The number of methoxy groups -OCH3 is 1. The molecule has 2 heterocycles. The largest absolute Gasteiger partial charge is 0.497 e. The lowest BCUT2D eigenvalue weighted by Gasteiger charge is -2.15. The van der Waals surface area contributed by atoms with Gasteiger partial charge in [0.2, 0.25) is 5.95 Å². The number of nitrogens with one attached hydrogen (secondary N) is 2. The molecule has 42 heavy (non-hydrogen) atoms. The maximum absolute atomic E-state index is 13.4. The van der Waals surface area contributed by atoms with Crippen LogP contribution in [0.4, 0.5) is 24.8 Å². The highest BCUT2D eigenvalue weighted by molar-refractivity contribution is 6.04. The van der Waals surface area contributed by atoms with Crippen LogP contribution in [0, 0.1) is 6.92 Å². The summed E-state index contributed by atoms with van der Waals surface area (Å²) < 4.78 is 45.9. The fourth-order valence-corrected chi connectivity index (χ4v) is 4.46. The molecule has 0 atom stereocenters. The van der Waals surface area contributed by atoms with E-state index in [1.807, 2.05) is 31.2 Å². The summed E-state index contributed by atoms with van der Waals surface area (Å²) in [5, 5.41) is 6.31. The quantitative estimate of drug-likeness (QED) is 0.241. The third-order valence-electron chi connectivity index (χ3n) is 6.81.